The smallest absolute Gasteiger partial charge is 0.301 e. The van der Waals surface area contributed by atoms with Gasteiger partial charge in [-0.3, -0.25) is 23.9 Å². The van der Waals surface area contributed by atoms with Crippen molar-refractivity contribution in [3.05, 3.63) is 106 Å². The maximum Gasteiger partial charge on any atom is 0.301 e. The summed E-state index contributed by atoms with van der Waals surface area (Å²) in [6, 6.07) is 15.4. The number of ketones is 1. The molecule has 0 saturated carbocycles. The van der Waals surface area contributed by atoms with Crippen molar-refractivity contribution in [1.29, 1.82) is 0 Å². The molecular formula is C27H19ClN6O3S2. The topological polar surface area (TPSA) is 114 Å². The first-order chi connectivity index (χ1) is 18.9. The van der Waals surface area contributed by atoms with Crippen molar-refractivity contribution in [2.45, 2.75) is 23.1 Å². The summed E-state index contributed by atoms with van der Waals surface area (Å²) >= 11 is 8.63. The third-order valence-corrected chi connectivity index (χ3v) is 8.63. The van der Waals surface area contributed by atoms with Crippen molar-refractivity contribution in [2.24, 2.45) is 0 Å². The standard InChI is InChI=1S/C27H19ClN6O3S2/c1-15-21(33-12-3-2-6-19(33)30-15)23(35)20-22(17-5-4-11-29-13-17)34(25(37)24(20)36)26-31-32-27(39-26)38-14-16-7-9-18(28)10-8-16/h2-13,22,35H,14H2,1H3/b23-20+. The molecule has 1 aliphatic rings. The van der Waals surface area contributed by atoms with Gasteiger partial charge in [0, 0.05) is 29.4 Å². The zero-order valence-corrected chi connectivity index (χ0v) is 22.7. The Kier molecular flexibility index (Phi) is 6.63. The lowest BCUT2D eigenvalue weighted by molar-refractivity contribution is -0.132. The van der Waals surface area contributed by atoms with Crippen LogP contribution in [0.5, 0.6) is 0 Å². The molecule has 0 aliphatic carbocycles. The monoisotopic (exact) mass is 574 g/mol. The van der Waals surface area contributed by atoms with E-state index in [9.17, 15) is 14.7 Å². The molecule has 1 N–H and O–H groups in total. The van der Waals surface area contributed by atoms with E-state index in [-0.39, 0.29) is 16.5 Å². The summed E-state index contributed by atoms with van der Waals surface area (Å²) in [4.78, 5) is 36.9. The molecule has 6 rings (SSSR count). The van der Waals surface area contributed by atoms with E-state index in [0.29, 0.717) is 37.7 Å². The summed E-state index contributed by atoms with van der Waals surface area (Å²) in [5.41, 5.74) is 3.01. The second-order valence-corrected chi connectivity index (χ2v) is 11.3. The fourth-order valence-electron chi connectivity index (χ4n) is 4.49. The van der Waals surface area contributed by atoms with Gasteiger partial charge in [0.2, 0.25) is 5.13 Å². The Balaban J connectivity index is 1.42. The number of pyridine rings is 2. The molecule has 0 bridgehead atoms. The largest absolute Gasteiger partial charge is 0.505 e. The predicted molar refractivity (Wildman–Crippen MR) is 150 cm³/mol. The fraction of sp³-hybridized carbons (Fsp3) is 0.111. The molecule has 1 amide bonds. The number of carbonyl (C=O) groups excluding carboxylic acids is 2. The molecule has 1 saturated heterocycles. The van der Waals surface area contributed by atoms with E-state index in [1.807, 2.05) is 30.3 Å². The average molecular weight is 575 g/mol. The molecule has 9 nitrogen and oxygen atoms in total. The number of fused-ring (bicyclic) bond motifs is 1. The number of aliphatic hydroxyl groups excluding tert-OH is 1. The number of rotatable bonds is 6. The van der Waals surface area contributed by atoms with Crippen molar-refractivity contribution in [2.75, 3.05) is 4.90 Å². The molecule has 1 fully saturated rings. The molecule has 5 heterocycles. The Bertz CT molecular complexity index is 1750. The number of thioether (sulfide) groups is 1. The number of aryl methyl sites for hydroxylation is 1. The Morgan fingerprint density at radius 1 is 1.10 bits per heavy atom. The van der Waals surface area contributed by atoms with E-state index in [1.54, 1.807) is 54.2 Å². The van der Waals surface area contributed by atoms with Crippen LogP contribution in [0.3, 0.4) is 0 Å². The zero-order valence-electron chi connectivity index (χ0n) is 20.4. The van der Waals surface area contributed by atoms with E-state index >= 15 is 0 Å². The van der Waals surface area contributed by atoms with Crippen molar-refractivity contribution in [1.82, 2.24) is 24.6 Å². The van der Waals surface area contributed by atoms with Gasteiger partial charge in [-0.1, -0.05) is 59.0 Å². The molecule has 1 aromatic carbocycles. The highest BCUT2D eigenvalue weighted by atomic mass is 35.5. The van der Waals surface area contributed by atoms with Crippen molar-refractivity contribution < 1.29 is 14.7 Å². The SMILES string of the molecule is Cc1nc2ccccn2c1/C(O)=C1\C(=O)C(=O)N(c2nnc(SCc3ccc(Cl)cc3)s2)C1c1cccnc1. The van der Waals surface area contributed by atoms with E-state index in [4.69, 9.17) is 11.6 Å². The third-order valence-electron chi connectivity index (χ3n) is 6.25. The van der Waals surface area contributed by atoms with E-state index < -0.39 is 17.7 Å². The Labute approximate surface area is 235 Å². The van der Waals surface area contributed by atoms with Crippen LogP contribution in [-0.2, 0) is 15.3 Å². The van der Waals surface area contributed by atoms with Crippen molar-refractivity contribution in [3.63, 3.8) is 0 Å². The normalized spacial score (nSPS) is 16.9. The summed E-state index contributed by atoms with van der Waals surface area (Å²) in [5.74, 6) is -1.31. The first-order valence-corrected chi connectivity index (χ1v) is 14.0. The minimum Gasteiger partial charge on any atom is -0.505 e. The third kappa shape index (κ3) is 4.58. The lowest BCUT2D eigenvalue weighted by atomic mass is 9.97. The van der Waals surface area contributed by atoms with Crippen LogP contribution in [0, 0.1) is 6.92 Å². The number of Topliss-reactive ketones (excluding diaryl/α,β-unsaturated/α-hetero) is 1. The van der Waals surface area contributed by atoms with Gasteiger partial charge in [-0.25, -0.2) is 4.98 Å². The molecule has 194 valence electrons. The summed E-state index contributed by atoms with van der Waals surface area (Å²) in [6.07, 6.45) is 4.91. The minimum atomic E-state index is -0.950. The molecule has 0 radical (unpaired) electrons. The number of halogens is 1. The zero-order chi connectivity index (χ0) is 27.1. The first kappa shape index (κ1) is 25.2. The Hall–Kier alpha value is -4.06. The van der Waals surface area contributed by atoms with Crippen molar-refractivity contribution in [3.8, 4) is 0 Å². The van der Waals surface area contributed by atoms with Crippen LogP contribution in [0.25, 0.3) is 11.4 Å². The number of hydrogen-bond acceptors (Lipinski definition) is 9. The number of hydrogen-bond donors (Lipinski definition) is 1. The maximum absolute atomic E-state index is 13.5. The van der Waals surface area contributed by atoms with Gasteiger partial charge >= 0.3 is 5.91 Å². The number of aliphatic hydroxyl groups is 1. The van der Waals surface area contributed by atoms with Crippen molar-refractivity contribution >= 4 is 62.9 Å². The summed E-state index contributed by atoms with van der Waals surface area (Å²) < 4.78 is 2.32. The molecular weight excluding hydrogens is 556 g/mol. The van der Waals surface area contributed by atoms with E-state index in [0.717, 1.165) is 5.56 Å². The number of amides is 1. The highest BCUT2D eigenvalue weighted by Crippen LogP contribution is 2.44. The van der Waals surface area contributed by atoms with Crippen LogP contribution in [0.2, 0.25) is 5.02 Å². The summed E-state index contributed by atoms with van der Waals surface area (Å²) in [6.45, 7) is 1.74. The second kappa shape index (κ2) is 10.3. The van der Waals surface area contributed by atoms with Crippen LogP contribution >= 0.6 is 34.7 Å². The number of benzene rings is 1. The first-order valence-electron chi connectivity index (χ1n) is 11.8. The molecule has 1 atom stereocenters. The Morgan fingerprint density at radius 2 is 1.92 bits per heavy atom. The number of imidazole rings is 1. The predicted octanol–water partition coefficient (Wildman–Crippen LogP) is 5.46. The van der Waals surface area contributed by atoms with Gasteiger partial charge in [-0.05, 0) is 48.4 Å². The number of carbonyl (C=O) groups is 2. The second-order valence-electron chi connectivity index (χ2n) is 8.70. The van der Waals surface area contributed by atoms with Gasteiger partial charge in [0.15, 0.2) is 10.1 Å². The molecule has 4 aromatic heterocycles. The number of nitrogens with zero attached hydrogens (tertiary/aromatic N) is 6. The molecule has 39 heavy (non-hydrogen) atoms. The van der Waals surface area contributed by atoms with Crippen LogP contribution < -0.4 is 4.90 Å². The fourth-order valence-corrected chi connectivity index (χ4v) is 6.44. The van der Waals surface area contributed by atoms with Crippen LogP contribution in [-0.4, -0.2) is 41.4 Å². The average Bonchev–Trinajstić information content (AvgIpc) is 3.62. The van der Waals surface area contributed by atoms with Gasteiger partial charge in [-0.2, -0.15) is 0 Å². The molecule has 1 unspecified atom stereocenters. The summed E-state index contributed by atoms with van der Waals surface area (Å²) in [5, 5.41) is 21.0. The van der Waals surface area contributed by atoms with E-state index in [2.05, 4.69) is 20.2 Å². The Morgan fingerprint density at radius 3 is 2.69 bits per heavy atom. The number of aromatic nitrogens is 5. The van der Waals surface area contributed by atoms with Gasteiger partial charge in [-0.15, -0.1) is 10.2 Å². The molecule has 5 aromatic rings. The lowest BCUT2D eigenvalue weighted by Gasteiger charge is -2.22. The van der Waals surface area contributed by atoms with Gasteiger partial charge in [0.05, 0.1) is 17.3 Å². The highest BCUT2D eigenvalue weighted by Gasteiger charge is 2.49. The van der Waals surface area contributed by atoms with Gasteiger partial charge in [0.25, 0.3) is 5.78 Å². The minimum absolute atomic E-state index is 0.0627. The van der Waals surface area contributed by atoms with Crippen LogP contribution in [0.15, 0.2) is 83.1 Å². The van der Waals surface area contributed by atoms with Gasteiger partial charge < -0.3 is 5.11 Å². The lowest BCUT2D eigenvalue weighted by Crippen LogP contribution is -2.29. The molecule has 12 heteroatoms. The number of anilines is 1. The summed E-state index contributed by atoms with van der Waals surface area (Å²) in [7, 11) is 0. The van der Waals surface area contributed by atoms with E-state index in [1.165, 1.54) is 28.0 Å². The van der Waals surface area contributed by atoms with Gasteiger partial charge in [0.1, 0.15) is 11.3 Å². The molecule has 1 aliphatic heterocycles. The van der Waals surface area contributed by atoms with Crippen LogP contribution in [0.4, 0.5) is 5.13 Å². The highest BCUT2D eigenvalue weighted by molar-refractivity contribution is 8.00. The molecule has 0 spiro atoms. The van der Waals surface area contributed by atoms with Crippen LogP contribution in [0.1, 0.15) is 28.6 Å². The maximum atomic E-state index is 13.5. The quantitative estimate of drug-likeness (QED) is 0.0935.